The smallest absolute Gasteiger partial charge is 0.200 e. The summed E-state index contributed by atoms with van der Waals surface area (Å²) in [6, 6.07) is 25.6. The number of thioether (sulfide) groups is 1. The molecule has 0 bridgehead atoms. The molecule has 3 aromatic carbocycles. The number of allylic oxidation sites excluding steroid dienone is 1. The number of carbonyl (C=O) groups excluding carboxylic acids is 1. The fraction of sp³-hybridized carbons (Fsp3) is 0. The van der Waals surface area contributed by atoms with Crippen LogP contribution in [-0.2, 0) is 0 Å². The summed E-state index contributed by atoms with van der Waals surface area (Å²) >= 11 is 1.53. The lowest BCUT2D eigenvalue weighted by atomic mass is 10.1. The summed E-state index contributed by atoms with van der Waals surface area (Å²) in [4.78, 5) is 14.3. The first-order chi connectivity index (χ1) is 12.3. The predicted molar refractivity (Wildman–Crippen MR) is 105 cm³/mol. The average molecular weight is 344 g/mol. The number of fused-ring (bicyclic) bond motifs is 1. The van der Waals surface area contributed by atoms with Crippen LogP contribution in [0, 0.1) is 0 Å². The molecule has 1 aliphatic rings. The van der Waals surface area contributed by atoms with Crippen molar-refractivity contribution >= 4 is 35.0 Å². The molecule has 25 heavy (non-hydrogen) atoms. The van der Waals surface area contributed by atoms with Crippen LogP contribution in [0.4, 0.5) is 11.4 Å². The second-order valence-corrected chi connectivity index (χ2v) is 6.72. The van der Waals surface area contributed by atoms with Crippen molar-refractivity contribution in [1.82, 2.24) is 0 Å². The van der Waals surface area contributed by atoms with E-state index in [0.29, 0.717) is 0 Å². The van der Waals surface area contributed by atoms with Crippen molar-refractivity contribution in [2.24, 2.45) is 0 Å². The number of ketones is 1. The monoisotopic (exact) mass is 344 g/mol. The number of nitrogens with one attached hydrogen (secondary N) is 2. The van der Waals surface area contributed by atoms with Crippen molar-refractivity contribution in [3.05, 3.63) is 94.9 Å². The summed E-state index contributed by atoms with van der Waals surface area (Å²) in [5.41, 5.74) is 10.1. The highest BCUT2D eigenvalue weighted by Gasteiger charge is 2.25. The van der Waals surface area contributed by atoms with E-state index in [1.807, 2.05) is 84.9 Å². The molecule has 1 heterocycles. The second-order valence-electron chi connectivity index (χ2n) is 5.64. The Morgan fingerprint density at radius 1 is 0.760 bits per heavy atom. The largest absolute Gasteiger partial charge is 0.301 e. The Balaban J connectivity index is 1.59. The highest BCUT2D eigenvalue weighted by molar-refractivity contribution is 8.04. The molecule has 4 heteroatoms. The minimum absolute atomic E-state index is 0.0893. The van der Waals surface area contributed by atoms with Gasteiger partial charge >= 0.3 is 0 Å². The highest BCUT2D eigenvalue weighted by atomic mass is 32.2. The van der Waals surface area contributed by atoms with Crippen LogP contribution in [0.15, 0.2) is 88.7 Å². The summed E-state index contributed by atoms with van der Waals surface area (Å²) in [6.45, 7) is 0. The van der Waals surface area contributed by atoms with Crippen molar-refractivity contribution in [3.8, 4) is 0 Å². The number of para-hydroxylation sites is 2. The maximum Gasteiger partial charge on any atom is 0.200 e. The van der Waals surface area contributed by atoms with Crippen LogP contribution < -0.4 is 10.9 Å². The van der Waals surface area contributed by atoms with Gasteiger partial charge in [-0.1, -0.05) is 60.3 Å². The first-order valence-electron chi connectivity index (χ1n) is 8.01. The van der Waals surface area contributed by atoms with Crippen LogP contribution in [0.5, 0.6) is 0 Å². The molecular formula is C21H16N2OS. The number of hydrazine groups is 1. The molecule has 0 fully saturated rings. The van der Waals surface area contributed by atoms with Gasteiger partial charge in [0.2, 0.25) is 5.78 Å². The van der Waals surface area contributed by atoms with Crippen LogP contribution in [0.1, 0.15) is 15.9 Å². The number of Topliss-reactive ketones (excluding diaryl/α,β-unsaturated/α-hetero) is 1. The van der Waals surface area contributed by atoms with Gasteiger partial charge in [0.25, 0.3) is 0 Å². The quantitative estimate of drug-likeness (QED) is 0.487. The molecule has 0 saturated heterocycles. The summed E-state index contributed by atoms with van der Waals surface area (Å²) in [7, 11) is 0. The van der Waals surface area contributed by atoms with Crippen molar-refractivity contribution in [1.29, 1.82) is 0 Å². The molecular weight excluding hydrogens is 328 g/mol. The molecule has 3 nitrogen and oxygen atoms in total. The van der Waals surface area contributed by atoms with Gasteiger partial charge < -0.3 is 10.9 Å². The Labute approximate surface area is 150 Å². The standard InChI is InChI=1S/C21H16N2OS/c24-21-17-11-5-7-13-19(17)25-20(21)14-15-8-4-6-12-18(15)23-22-16-9-2-1-3-10-16/h1-14,22-23H. The summed E-state index contributed by atoms with van der Waals surface area (Å²) < 4.78 is 0. The van der Waals surface area contributed by atoms with E-state index in [9.17, 15) is 4.79 Å². The van der Waals surface area contributed by atoms with Crippen LogP contribution in [0.2, 0.25) is 0 Å². The Hall–Kier alpha value is -2.98. The van der Waals surface area contributed by atoms with E-state index in [4.69, 9.17) is 0 Å². The molecule has 0 unspecified atom stereocenters. The van der Waals surface area contributed by atoms with Gasteiger partial charge in [0.15, 0.2) is 0 Å². The molecule has 0 spiro atoms. The fourth-order valence-electron chi connectivity index (χ4n) is 2.67. The Kier molecular flexibility index (Phi) is 4.27. The normalized spacial score (nSPS) is 14.4. The third-order valence-electron chi connectivity index (χ3n) is 3.94. The number of hydrogen-bond donors (Lipinski definition) is 2. The molecule has 0 saturated carbocycles. The summed E-state index contributed by atoms with van der Waals surface area (Å²) in [5.74, 6) is 0.0893. The van der Waals surface area contributed by atoms with Gasteiger partial charge in [-0.3, -0.25) is 4.79 Å². The summed E-state index contributed by atoms with van der Waals surface area (Å²) in [6.07, 6.45) is 1.95. The van der Waals surface area contributed by atoms with Gasteiger partial charge in [0.1, 0.15) is 0 Å². The first kappa shape index (κ1) is 15.5. The molecule has 0 aliphatic carbocycles. The lowest BCUT2D eigenvalue weighted by molar-refractivity contribution is 0.104. The molecule has 0 aromatic heterocycles. The van der Waals surface area contributed by atoms with Crippen LogP contribution in [-0.4, -0.2) is 5.78 Å². The van der Waals surface area contributed by atoms with E-state index >= 15 is 0 Å². The molecule has 0 radical (unpaired) electrons. The van der Waals surface area contributed by atoms with E-state index in [-0.39, 0.29) is 5.78 Å². The average Bonchev–Trinajstić information content (AvgIpc) is 2.98. The second kappa shape index (κ2) is 6.87. The molecule has 2 N–H and O–H groups in total. The first-order valence-corrected chi connectivity index (χ1v) is 8.82. The minimum atomic E-state index is 0.0893. The van der Waals surface area contributed by atoms with Gasteiger partial charge in [-0.15, -0.1) is 0 Å². The third kappa shape index (κ3) is 3.30. The summed E-state index contributed by atoms with van der Waals surface area (Å²) in [5, 5.41) is 0. The fourth-order valence-corrected chi connectivity index (χ4v) is 3.72. The predicted octanol–water partition coefficient (Wildman–Crippen LogP) is 5.46. The zero-order chi connectivity index (χ0) is 17.1. The van der Waals surface area contributed by atoms with Crippen molar-refractivity contribution in [2.75, 3.05) is 10.9 Å². The topological polar surface area (TPSA) is 41.1 Å². The molecule has 1 aliphatic heterocycles. The molecule has 0 atom stereocenters. The molecule has 3 aromatic rings. The van der Waals surface area contributed by atoms with E-state index in [0.717, 1.165) is 32.3 Å². The van der Waals surface area contributed by atoms with Gasteiger partial charge in [-0.2, -0.15) is 0 Å². The van der Waals surface area contributed by atoms with Crippen LogP contribution in [0.3, 0.4) is 0 Å². The van der Waals surface area contributed by atoms with E-state index in [2.05, 4.69) is 10.9 Å². The Morgan fingerprint density at radius 3 is 2.32 bits per heavy atom. The van der Waals surface area contributed by atoms with Crippen LogP contribution >= 0.6 is 11.8 Å². The van der Waals surface area contributed by atoms with Crippen LogP contribution in [0.25, 0.3) is 6.08 Å². The van der Waals surface area contributed by atoms with Crippen molar-refractivity contribution < 1.29 is 4.79 Å². The van der Waals surface area contributed by atoms with E-state index < -0.39 is 0 Å². The zero-order valence-electron chi connectivity index (χ0n) is 13.4. The SMILES string of the molecule is O=C1C(=Cc2ccccc2NNc2ccccc2)Sc2ccccc21. The number of benzene rings is 3. The maximum absolute atomic E-state index is 12.6. The Bertz CT molecular complexity index is 951. The molecule has 0 amide bonds. The van der Waals surface area contributed by atoms with Gasteiger partial charge in [0.05, 0.1) is 16.3 Å². The number of carbonyl (C=O) groups is 1. The minimum Gasteiger partial charge on any atom is -0.301 e. The lowest BCUT2D eigenvalue weighted by Gasteiger charge is -2.12. The highest BCUT2D eigenvalue weighted by Crippen LogP contribution is 2.41. The third-order valence-corrected chi connectivity index (χ3v) is 5.04. The van der Waals surface area contributed by atoms with Crippen molar-refractivity contribution in [3.63, 3.8) is 0 Å². The zero-order valence-corrected chi connectivity index (χ0v) is 14.2. The number of anilines is 2. The lowest BCUT2D eigenvalue weighted by Crippen LogP contribution is -2.09. The molecule has 4 rings (SSSR count). The maximum atomic E-state index is 12.6. The van der Waals surface area contributed by atoms with E-state index in [1.54, 1.807) is 0 Å². The number of rotatable bonds is 4. The molecule has 122 valence electrons. The van der Waals surface area contributed by atoms with Gasteiger partial charge in [-0.05, 0) is 36.4 Å². The number of hydrogen-bond acceptors (Lipinski definition) is 4. The Morgan fingerprint density at radius 2 is 1.48 bits per heavy atom. The van der Waals surface area contributed by atoms with Gasteiger partial charge in [0, 0.05) is 16.0 Å². The van der Waals surface area contributed by atoms with Crippen molar-refractivity contribution in [2.45, 2.75) is 4.90 Å². The van der Waals surface area contributed by atoms with Gasteiger partial charge in [-0.25, -0.2) is 0 Å². The van der Waals surface area contributed by atoms with E-state index in [1.165, 1.54) is 11.8 Å².